The van der Waals surface area contributed by atoms with Gasteiger partial charge in [-0.15, -0.1) is 0 Å². The number of aromatic nitrogens is 2. The van der Waals surface area contributed by atoms with Gasteiger partial charge in [-0.05, 0) is 24.3 Å². The second-order valence-electron chi connectivity index (χ2n) is 7.49. The number of piperidine rings is 1. The van der Waals surface area contributed by atoms with Crippen LogP contribution >= 0.6 is 0 Å². The highest BCUT2D eigenvalue weighted by Crippen LogP contribution is 2.31. The Bertz CT molecular complexity index is 1080. The summed E-state index contributed by atoms with van der Waals surface area (Å²) in [5.74, 6) is 0.749. The summed E-state index contributed by atoms with van der Waals surface area (Å²) in [5.41, 5.74) is 5.89. The Morgan fingerprint density at radius 2 is 1.69 bits per heavy atom. The van der Waals surface area contributed by atoms with Crippen LogP contribution in [0.4, 0.5) is 19.0 Å². The smallest absolute Gasteiger partial charge is 0.416 e. The summed E-state index contributed by atoms with van der Waals surface area (Å²) in [6.45, 7) is 1.10. The summed E-state index contributed by atoms with van der Waals surface area (Å²) in [7, 11) is 0. The van der Waals surface area contributed by atoms with E-state index in [1.807, 2.05) is 35.2 Å². The largest absolute Gasteiger partial charge is 0.490 e. The highest BCUT2D eigenvalue weighted by Gasteiger charge is 2.30. The van der Waals surface area contributed by atoms with Gasteiger partial charge in [-0.2, -0.15) is 13.2 Å². The van der Waals surface area contributed by atoms with Crippen molar-refractivity contribution in [2.24, 2.45) is 5.73 Å². The van der Waals surface area contributed by atoms with Gasteiger partial charge in [0.05, 0.1) is 5.56 Å². The third-order valence-electron chi connectivity index (χ3n) is 5.29. The Labute approximate surface area is 182 Å². The standard InChI is InChI=1S/C23H21F3N4O2/c24-23(25,26)16-6-8-17(9-7-16)32-18-10-12-30(13-11-18)22-19(20(27)31)14-28-21(29-22)15-4-2-1-3-5-15/h1-9,14,18H,10-13H2,(H2,27,31). The Morgan fingerprint density at radius 3 is 2.28 bits per heavy atom. The summed E-state index contributed by atoms with van der Waals surface area (Å²) in [6, 6.07) is 14.1. The van der Waals surface area contributed by atoms with Gasteiger partial charge >= 0.3 is 6.18 Å². The van der Waals surface area contributed by atoms with Gasteiger partial charge in [-0.1, -0.05) is 30.3 Å². The molecule has 1 fully saturated rings. The first-order chi connectivity index (χ1) is 15.3. The molecule has 1 aliphatic rings. The topological polar surface area (TPSA) is 81.3 Å². The van der Waals surface area contributed by atoms with Crippen molar-refractivity contribution in [3.8, 4) is 17.1 Å². The molecular weight excluding hydrogens is 421 g/mol. The number of ether oxygens (including phenoxy) is 1. The van der Waals surface area contributed by atoms with Gasteiger partial charge in [0.25, 0.3) is 5.91 Å². The molecule has 0 unspecified atom stereocenters. The van der Waals surface area contributed by atoms with Crippen molar-refractivity contribution in [3.63, 3.8) is 0 Å². The average Bonchev–Trinajstić information content (AvgIpc) is 2.79. The lowest BCUT2D eigenvalue weighted by molar-refractivity contribution is -0.137. The molecule has 1 saturated heterocycles. The number of benzene rings is 2. The van der Waals surface area contributed by atoms with E-state index in [2.05, 4.69) is 9.97 Å². The minimum absolute atomic E-state index is 0.157. The molecule has 1 aliphatic heterocycles. The number of alkyl halides is 3. The van der Waals surface area contributed by atoms with Gasteiger partial charge in [0.15, 0.2) is 5.82 Å². The fourth-order valence-electron chi connectivity index (χ4n) is 3.61. The number of halogens is 3. The molecule has 0 atom stereocenters. The monoisotopic (exact) mass is 442 g/mol. The first-order valence-electron chi connectivity index (χ1n) is 10.1. The molecule has 0 radical (unpaired) electrons. The van der Waals surface area contributed by atoms with Crippen LogP contribution in [0.25, 0.3) is 11.4 Å². The van der Waals surface area contributed by atoms with Gasteiger partial charge in [0.1, 0.15) is 23.2 Å². The number of hydrogen-bond donors (Lipinski definition) is 1. The molecule has 0 bridgehead atoms. The summed E-state index contributed by atoms with van der Waals surface area (Å²) >= 11 is 0. The molecule has 0 spiro atoms. The molecule has 4 rings (SSSR count). The van der Waals surface area contributed by atoms with Crippen LogP contribution in [0.3, 0.4) is 0 Å². The molecule has 166 valence electrons. The Morgan fingerprint density at radius 1 is 1.03 bits per heavy atom. The molecule has 2 heterocycles. The number of nitrogens with two attached hydrogens (primary N) is 1. The lowest BCUT2D eigenvalue weighted by atomic mass is 10.1. The van der Waals surface area contributed by atoms with Crippen molar-refractivity contribution < 1.29 is 22.7 Å². The second kappa shape index (κ2) is 8.86. The maximum atomic E-state index is 12.7. The minimum Gasteiger partial charge on any atom is -0.490 e. The van der Waals surface area contributed by atoms with E-state index >= 15 is 0 Å². The first-order valence-corrected chi connectivity index (χ1v) is 10.1. The molecule has 3 aromatic rings. The van der Waals surface area contributed by atoms with Crippen molar-refractivity contribution in [2.45, 2.75) is 25.1 Å². The maximum Gasteiger partial charge on any atom is 0.416 e. The fourth-order valence-corrected chi connectivity index (χ4v) is 3.61. The van der Waals surface area contributed by atoms with Crippen LogP contribution in [0.5, 0.6) is 5.75 Å². The van der Waals surface area contributed by atoms with Gasteiger partial charge in [0, 0.05) is 37.7 Å². The Kier molecular flexibility index (Phi) is 5.98. The number of anilines is 1. The van der Waals surface area contributed by atoms with E-state index in [0.717, 1.165) is 17.7 Å². The maximum absolute atomic E-state index is 12.7. The molecular formula is C23H21F3N4O2. The zero-order chi connectivity index (χ0) is 22.7. The lowest BCUT2D eigenvalue weighted by Gasteiger charge is -2.33. The van der Waals surface area contributed by atoms with Crippen molar-refractivity contribution in [1.29, 1.82) is 0 Å². The van der Waals surface area contributed by atoms with E-state index in [1.54, 1.807) is 0 Å². The summed E-state index contributed by atoms with van der Waals surface area (Å²) in [4.78, 5) is 22.8. The normalized spacial score (nSPS) is 14.9. The number of carbonyl (C=O) groups is 1. The molecule has 1 aromatic heterocycles. The Balaban J connectivity index is 1.46. The average molecular weight is 442 g/mol. The third-order valence-corrected chi connectivity index (χ3v) is 5.29. The van der Waals surface area contributed by atoms with E-state index in [1.165, 1.54) is 18.3 Å². The number of rotatable bonds is 5. The molecule has 0 aliphatic carbocycles. The number of carbonyl (C=O) groups excluding carboxylic acids is 1. The summed E-state index contributed by atoms with van der Waals surface area (Å²) in [5, 5.41) is 0. The number of nitrogens with zero attached hydrogens (tertiary/aromatic N) is 3. The third kappa shape index (κ3) is 4.82. The van der Waals surface area contributed by atoms with Gasteiger partial charge in [-0.3, -0.25) is 4.79 Å². The zero-order valence-electron chi connectivity index (χ0n) is 17.0. The van der Waals surface area contributed by atoms with Crippen molar-refractivity contribution in [2.75, 3.05) is 18.0 Å². The van der Waals surface area contributed by atoms with Crippen molar-refractivity contribution in [1.82, 2.24) is 9.97 Å². The summed E-state index contributed by atoms with van der Waals surface area (Å²) < 4.78 is 44.0. The van der Waals surface area contributed by atoms with Gasteiger partial charge in [-0.25, -0.2) is 9.97 Å². The van der Waals surface area contributed by atoms with E-state index < -0.39 is 17.6 Å². The van der Waals surface area contributed by atoms with Crippen LogP contribution in [0.1, 0.15) is 28.8 Å². The van der Waals surface area contributed by atoms with Crippen LogP contribution in [0.2, 0.25) is 0 Å². The first kappa shape index (κ1) is 21.6. The molecule has 1 amide bonds. The second-order valence-corrected chi connectivity index (χ2v) is 7.49. The van der Waals surface area contributed by atoms with Crippen LogP contribution in [-0.2, 0) is 6.18 Å². The summed E-state index contributed by atoms with van der Waals surface area (Å²) in [6.07, 6.45) is -1.86. The van der Waals surface area contributed by atoms with Crippen LogP contribution < -0.4 is 15.4 Å². The lowest BCUT2D eigenvalue weighted by Crippen LogP contribution is -2.39. The predicted octanol–water partition coefficient (Wildman–Crippen LogP) is 4.31. The zero-order valence-corrected chi connectivity index (χ0v) is 17.0. The highest BCUT2D eigenvalue weighted by atomic mass is 19.4. The van der Waals surface area contributed by atoms with Crippen LogP contribution in [-0.4, -0.2) is 35.1 Å². The predicted molar refractivity (Wildman–Crippen MR) is 113 cm³/mol. The highest BCUT2D eigenvalue weighted by molar-refractivity contribution is 5.97. The van der Waals surface area contributed by atoms with Gasteiger partial charge in [0.2, 0.25) is 0 Å². The van der Waals surface area contributed by atoms with E-state index in [9.17, 15) is 18.0 Å². The van der Waals surface area contributed by atoms with E-state index in [4.69, 9.17) is 10.5 Å². The number of amides is 1. The number of hydrogen-bond acceptors (Lipinski definition) is 5. The van der Waals surface area contributed by atoms with Crippen LogP contribution in [0, 0.1) is 0 Å². The molecule has 2 N–H and O–H groups in total. The van der Waals surface area contributed by atoms with Crippen molar-refractivity contribution in [3.05, 3.63) is 71.9 Å². The van der Waals surface area contributed by atoms with Gasteiger partial charge < -0.3 is 15.4 Å². The fraction of sp³-hybridized carbons (Fsp3) is 0.261. The molecule has 32 heavy (non-hydrogen) atoms. The quantitative estimate of drug-likeness (QED) is 0.637. The van der Waals surface area contributed by atoms with E-state index in [0.29, 0.717) is 43.3 Å². The number of primary amides is 1. The SMILES string of the molecule is NC(=O)c1cnc(-c2ccccc2)nc1N1CCC(Oc2ccc(C(F)(F)F)cc2)CC1. The molecule has 2 aromatic carbocycles. The van der Waals surface area contributed by atoms with Crippen LogP contribution in [0.15, 0.2) is 60.8 Å². The van der Waals surface area contributed by atoms with E-state index in [-0.39, 0.29) is 11.7 Å². The molecule has 9 heteroatoms. The molecule has 0 saturated carbocycles. The molecule has 6 nitrogen and oxygen atoms in total. The van der Waals surface area contributed by atoms with Crippen molar-refractivity contribution >= 4 is 11.7 Å². The minimum atomic E-state index is -4.38. The Hall–Kier alpha value is -3.62.